The van der Waals surface area contributed by atoms with Crippen LogP contribution in [0.25, 0.3) is 11.0 Å². The van der Waals surface area contributed by atoms with Crippen molar-refractivity contribution in [1.82, 2.24) is 4.57 Å². The van der Waals surface area contributed by atoms with Crippen molar-refractivity contribution in [3.05, 3.63) is 95.1 Å². The van der Waals surface area contributed by atoms with E-state index in [0.717, 1.165) is 42.7 Å². The third-order valence-electron chi connectivity index (χ3n) is 6.55. The maximum atomic E-state index is 13.2. The fraction of sp³-hybridized carbons (Fsp3) is 0.231. The van der Waals surface area contributed by atoms with E-state index < -0.39 is 0 Å². The first-order valence-corrected chi connectivity index (χ1v) is 10.7. The average molecular weight is 413 g/mol. The zero-order valence-corrected chi connectivity index (χ0v) is 17.1. The molecule has 2 aliphatic rings. The Morgan fingerprint density at radius 2 is 1.90 bits per heavy atom. The summed E-state index contributed by atoms with van der Waals surface area (Å²) in [6.07, 6.45) is 5.13. The molecule has 0 saturated carbocycles. The molecule has 1 aromatic heterocycles. The number of hydrogen-bond acceptors (Lipinski definition) is 2. The highest BCUT2D eigenvalue weighted by atomic mass is 19.1. The number of para-hydroxylation sites is 2. The van der Waals surface area contributed by atoms with Gasteiger partial charge < -0.3 is 4.74 Å². The van der Waals surface area contributed by atoms with Crippen LogP contribution in [0, 0.1) is 5.82 Å². The van der Waals surface area contributed by atoms with Gasteiger partial charge in [0.25, 0.3) is 0 Å². The Bertz CT molecular complexity index is 1320. The van der Waals surface area contributed by atoms with Crippen molar-refractivity contribution < 1.29 is 18.5 Å². The molecular weight excluding hydrogens is 391 g/mol. The summed E-state index contributed by atoms with van der Waals surface area (Å²) >= 11 is 0. The highest BCUT2D eigenvalue weighted by Gasteiger charge is 2.33. The molecule has 31 heavy (non-hydrogen) atoms. The van der Waals surface area contributed by atoms with Crippen molar-refractivity contribution in [2.24, 2.45) is 0 Å². The summed E-state index contributed by atoms with van der Waals surface area (Å²) in [6, 6.07) is 18.7. The molecule has 1 unspecified atom stereocenters. The highest BCUT2D eigenvalue weighted by Crippen LogP contribution is 2.40. The Morgan fingerprint density at radius 3 is 2.77 bits per heavy atom. The molecule has 3 aromatic carbocycles. The lowest BCUT2D eigenvalue weighted by Crippen LogP contribution is -2.37. The molecule has 0 bridgehead atoms. The Kier molecular flexibility index (Phi) is 4.16. The number of aryl methyl sites for hydroxylation is 1. The maximum absolute atomic E-state index is 13.2. The van der Waals surface area contributed by atoms with E-state index in [2.05, 4.69) is 29.1 Å². The number of rotatable bonds is 4. The topological polar surface area (TPSA) is 35.1 Å². The first kappa shape index (κ1) is 18.3. The van der Waals surface area contributed by atoms with Crippen molar-refractivity contribution in [1.29, 1.82) is 0 Å². The minimum absolute atomic E-state index is 0.0362. The van der Waals surface area contributed by atoms with Crippen molar-refractivity contribution in [2.45, 2.75) is 31.8 Å². The monoisotopic (exact) mass is 413 g/mol. The molecule has 1 aliphatic carbocycles. The second-order valence-corrected chi connectivity index (χ2v) is 8.38. The molecule has 0 spiro atoms. The summed E-state index contributed by atoms with van der Waals surface area (Å²) in [5.74, 6) is 0.642. The molecule has 2 heterocycles. The predicted molar refractivity (Wildman–Crippen MR) is 115 cm³/mol. The summed E-state index contributed by atoms with van der Waals surface area (Å²) in [5, 5.41) is 0. The van der Waals surface area contributed by atoms with E-state index in [1.54, 1.807) is 12.1 Å². The number of aromatic nitrogens is 2. The van der Waals surface area contributed by atoms with E-state index in [0.29, 0.717) is 5.56 Å². The van der Waals surface area contributed by atoms with Crippen LogP contribution in [0.5, 0.6) is 5.75 Å². The number of carbonyl (C=O) groups excluding carboxylic acids is 1. The van der Waals surface area contributed by atoms with Gasteiger partial charge in [0.15, 0.2) is 17.6 Å². The molecule has 0 amide bonds. The Hall–Kier alpha value is -3.47. The van der Waals surface area contributed by atoms with Crippen molar-refractivity contribution in [2.75, 3.05) is 6.61 Å². The smallest absolute Gasteiger partial charge is 0.245 e. The Balaban J connectivity index is 1.40. The quantitative estimate of drug-likeness (QED) is 0.367. The minimum Gasteiger partial charge on any atom is -0.493 e. The lowest BCUT2D eigenvalue weighted by atomic mass is 10.0. The van der Waals surface area contributed by atoms with Gasteiger partial charge in [-0.05, 0) is 66.4 Å². The summed E-state index contributed by atoms with van der Waals surface area (Å²) in [5.41, 5.74) is 6.68. The predicted octanol–water partition coefficient (Wildman–Crippen LogP) is 4.42. The van der Waals surface area contributed by atoms with Crippen molar-refractivity contribution >= 4 is 16.8 Å². The zero-order chi connectivity index (χ0) is 20.9. The van der Waals surface area contributed by atoms with Gasteiger partial charge in [0.1, 0.15) is 17.6 Å². The molecule has 4 nitrogen and oxygen atoms in total. The zero-order valence-electron chi connectivity index (χ0n) is 17.1. The second kappa shape index (κ2) is 7.05. The van der Waals surface area contributed by atoms with Gasteiger partial charge in [0.2, 0.25) is 12.1 Å². The van der Waals surface area contributed by atoms with E-state index >= 15 is 0 Å². The van der Waals surface area contributed by atoms with Crippen LogP contribution in [0.2, 0.25) is 0 Å². The molecule has 1 aliphatic heterocycles. The van der Waals surface area contributed by atoms with Gasteiger partial charge in [0, 0.05) is 17.5 Å². The van der Waals surface area contributed by atoms with Gasteiger partial charge in [-0.15, -0.1) is 0 Å². The van der Waals surface area contributed by atoms with E-state index in [1.165, 1.54) is 28.8 Å². The number of hydrogen-bond donors (Lipinski definition) is 0. The van der Waals surface area contributed by atoms with Crippen LogP contribution in [0.3, 0.4) is 0 Å². The fourth-order valence-corrected chi connectivity index (χ4v) is 5.01. The van der Waals surface area contributed by atoms with Crippen molar-refractivity contribution in [3.63, 3.8) is 0 Å². The summed E-state index contributed by atoms with van der Waals surface area (Å²) in [6.45, 7) is 0.979. The van der Waals surface area contributed by atoms with Gasteiger partial charge in [-0.2, -0.15) is 0 Å². The standard InChI is InChI=1S/C26H22FN2O2/c27-20-8-5-17(6-9-20)25(30)15-28-16-29(24-4-2-1-3-23(24)28)22-10-7-18-13-19-11-12-31-26(19)14-21(18)22/h1-6,8-9,13-14,16,22H,7,10-12,15H2/q+1. The molecule has 1 atom stereocenters. The summed E-state index contributed by atoms with van der Waals surface area (Å²) in [7, 11) is 0. The van der Waals surface area contributed by atoms with Gasteiger partial charge in [-0.1, -0.05) is 18.2 Å². The second-order valence-electron chi connectivity index (χ2n) is 8.38. The Labute approximate surface area is 179 Å². The van der Waals surface area contributed by atoms with Crippen LogP contribution in [0.4, 0.5) is 4.39 Å². The molecule has 0 saturated heterocycles. The molecule has 0 fully saturated rings. The molecule has 154 valence electrons. The normalized spacial score (nSPS) is 16.9. The lowest BCUT2D eigenvalue weighted by Gasteiger charge is -2.10. The minimum atomic E-state index is -0.337. The van der Waals surface area contributed by atoms with Crippen molar-refractivity contribution in [3.8, 4) is 5.75 Å². The molecule has 0 N–H and O–H groups in total. The van der Waals surface area contributed by atoms with E-state index in [1.807, 2.05) is 22.8 Å². The van der Waals surface area contributed by atoms with Crippen LogP contribution >= 0.6 is 0 Å². The first-order chi connectivity index (χ1) is 15.2. The number of imidazole rings is 1. The van der Waals surface area contributed by atoms with Crippen LogP contribution in [0.15, 0.2) is 67.0 Å². The number of carbonyl (C=O) groups is 1. The number of Topliss-reactive ketones (excluding diaryl/α,β-unsaturated/α-hetero) is 1. The van der Waals surface area contributed by atoms with E-state index in [-0.39, 0.29) is 24.2 Å². The van der Waals surface area contributed by atoms with Gasteiger partial charge in [-0.3, -0.25) is 4.79 Å². The van der Waals surface area contributed by atoms with Gasteiger partial charge in [-0.25, -0.2) is 13.5 Å². The molecular formula is C26H22FN2O2+. The molecule has 6 rings (SSSR count). The highest BCUT2D eigenvalue weighted by molar-refractivity contribution is 5.95. The third kappa shape index (κ3) is 3.03. The number of halogens is 1. The first-order valence-electron chi connectivity index (χ1n) is 10.7. The summed E-state index contributed by atoms with van der Waals surface area (Å²) in [4.78, 5) is 12.9. The average Bonchev–Trinajstić information content (AvgIpc) is 3.49. The lowest BCUT2D eigenvalue weighted by molar-refractivity contribution is -0.658. The SMILES string of the molecule is O=C(C[n+]1cn(C2CCc3cc4c(cc32)OCC4)c2ccccc21)c1ccc(F)cc1. The van der Waals surface area contributed by atoms with Crippen LogP contribution in [0.1, 0.15) is 39.5 Å². The van der Waals surface area contributed by atoms with Crippen LogP contribution < -0.4 is 9.30 Å². The molecule has 0 radical (unpaired) electrons. The number of fused-ring (bicyclic) bond motifs is 3. The molecule has 4 aromatic rings. The summed E-state index contributed by atoms with van der Waals surface area (Å²) < 4.78 is 23.4. The van der Waals surface area contributed by atoms with Gasteiger partial charge in [0.05, 0.1) is 6.61 Å². The molecule has 5 heteroatoms. The number of benzene rings is 3. The van der Waals surface area contributed by atoms with Crippen LogP contribution in [-0.2, 0) is 19.4 Å². The third-order valence-corrected chi connectivity index (χ3v) is 6.55. The number of ketones is 1. The fourth-order valence-electron chi connectivity index (χ4n) is 5.01. The number of nitrogens with zero attached hydrogens (tertiary/aromatic N) is 2. The van der Waals surface area contributed by atoms with E-state index in [4.69, 9.17) is 4.74 Å². The van der Waals surface area contributed by atoms with Crippen LogP contribution in [-0.4, -0.2) is 17.0 Å². The Morgan fingerprint density at radius 1 is 1.06 bits per heavy atom. The van der Waals surface area contributed by atoms with E-state index in [9.17, 15) is 9.18 Å². The maximum Gasteiger partial charge on any atom is 0.245 e. The van der Waals surface area contributed by atoms with Gasteiger partial charge >= 0.3 is 0 Å². The largest absolute Gasteiger partial charge is 0.493 e. The number of ether oxygens (including phenoxy) is 1.